The Balaban J connectivity index is 1.76. The van der Waals surface area contributed by atoms with Crippen LogP contribution in [0.5, 0.6) is 0 Å². The normalized spacial score (nSPS) is 12.8. The molecule has 0 aliphatic heterocycles. The molecule has 0 spiro atoms. The summed E-state index contributed by atoms with van der Waals surface area (Å²) < 4.78 is 2.53. The lowest BCUT2D eigenvalue weighted by atomic mass is 9.98. The van der Waals surface area contributed by atoms with E-state index in [9.17, 15) is 4.79 Å². The van der Waals surface area contributed by atoms with Gasteiger partial charge in [-0.3, -0.25) is 4.79 Å². The maximum absolute atomic E-state index is 11.6. The summed E-state index contributed by atoms with van der Waals surface area (Å²) in [7, 11) is 0. The maximum Gasteiger partial charge on any atom is 0.169 e. The van der Waals surface area contributed by atoms with Gasteiger partial charge in [-0.05, 0) is 47.5 Å². The van der Waals surface area contributed by atoms with E-state index in [1.807, 2.05) is 17.4 Å². The average molecular weight is 336 g/mol. The van der Waals surface area contributed by atoms with Crippen molar-refractivity contribution in [2.45, 2.75) is 19.8 Å². The van der Waals surface area contributed by atoms with Gasteiger partial charge in [0.25, 0.3) is 0 Å². The second-order valence-electron chi connectivity index (χ2n) is 5.87. The van der Waals surface area contributed by atoms with E-state index < -0.39 is 0 Å². The molecule has 4 rings (SSSR count). The molecule has 0 radical (unpaired) electrons. The van der Waals surface area contributed by atoms with Crippen molar-refractivity contribution in [3.05, 3.63) is 69.9 Å². The number of hydrogen-bond acceptors (Lipinski definition) is 3. The van der Waals surface area contributed by atoms with Gasteiger partial charge in [-0.15, -0.1) is 22.7 Å². The molecule has 0 aliphatic rings. The molecule has 0 bridgehead atoms. The number of thiophene rings is 2. The highest BCUT2D eigenvalue weighted by molar-refractivity contribution is 7.21. The molecule has 2 aromatic carbocycles. The minimum Gasteiger partial charge on any atom is -0.294 e. The molecule has 0 saturated carbocycles. The van der Waals surface area contributed by atoms with Gasteiger partial charge in [0, 0.05) is 20.2 Å². The third kappa shape index (κ3) is 2.60. The molecule has 0 saturated heterocycles. The molecule has 1 unspecified atom stereocenters. The van der Waals surface area contributed by atoms with E-state index in [-0.39, 0.29) is 5.78 Å². The summed E-state index contributed by atoms with van der Waals surface area (Å²) in [5.41, 5.74) is 1.31. The van der Waals surface area contributed by atoms with E-state index in [0.29, 0.717) is 5.92 Å². The summed E-state index contributed by atoms with van der Waals surface area (Å²) in [6, 6.07) is 19.4. The predicted molar refractivity (Wildman–Crippen MR) is 101 cm³/mol. The smallest absolute Gasteiger partial charge is 0.169 e. The average Bonchev–Trinajstić information content (AvgIpc) is 3.17. The monoisotopic (exact) mass is 336 g/mol. The SMILES string of the molecule is CC(=O)c1cc2ccc(C(C)c3cc4ccccc4s3)cc2s1. The Kier molecular flexibility index (Phi) is 3.55. The van der Waals surface area contributed by atoms with Gasteiger partial charge in [0.05, 0.1) is 4.88 Å². The summed E-state index contributed by atoms with van der Waals surface area (Å²) in [4.78, 5) is 13.8. The molecule has 4 aromatic rings. The Labute approximate surface area is 143 Å². The number of carbonyl (C=O) groups is 1. The molecular weight excluding hydrogens is 320 g/mol. The van der Waals surface area contributed by atoms with Crippen LogP contribution in [0.3, 0.4) is 0 Å². The third-order valence-electron chi connectivity index (χ3n) is 4.26. The van der Waals surface area contributed by atoms with Gasteiger partial charge in [0.2, 0.25) is 0 Å². The van der Waals surface area contributed by atoms with Crippen LogP contribution in [0, 0.1) is 0 Å². The first-order valence-corrected chi connectivity index (χ1v) is 9.28. The first kappa shape index (κ1) is 14.6. The van der Waals surface area contributed by atoms with Gasteiger partial charge in [0.1, 0.15) is 0 Å². The molecular formula is C20H16OS2. The second kappa shape index (κ2) is 5.59. The van der Waals surface area contributed by atoms with Gasteiger partial charge < -0.3 is 0 Å². The van der Waals surface area contributed by atoms with Crippen molar-refractivity contribution >= 4 is 48.6 Å². The van der Waals surface area contributed by atoms with Crippen molar-refractivity contribution in [3.8, 4) is 0 Å². The predicted octanol–water partition coefficient (Wildman–Crippen LogP) is 6.47. The van der Waals surface area contributed by atoms with Gasteiger partial charge in [-0.25, -0.2) is 0 Å². The number of rotatable bonds is 3. The van der Waals surface area contributed by atoms with E-state index in [1.54, 1.807) is 18.3 Å². The van der Waals surface area contributed by atoms with Crippen LogP contribution in [0.15, 0.2) is 54.6 Å². The van der Waals surface area contributed by atoms with Gasteiger partial charge >= 0.3 is 0 Å². The van der Waals surface area contributed by atoms with Crippen molar-refractivity contribution in [2.24, 2.45) is 0 Å². The van der Waals surface area contributed by atoms with Crippen LogP contribution >= 0.6 is 22.7 Å². The minimum atomic E-state index is 0.144. The first-order chi connectivity index (χ1) is 11.1. The molecule has 2 heterocycles. The summed E-state index contributed by atoms with van der Waals surface area (Å²) in [5, 5.41) is 2.47. The number of hydrogen-bond donors (Lipinski definition) is 0. The van der Waals surface area contributed by atoms with Crippen LogP contribution in [0.4, 0.5) is 0 Å². The lowest BCUT2D eigenvalue weighted by Gasteiger charge is -2.09. The molecule has 114 valence electrons. The zero-order valence-corrected chi connectivity index (χ0v) is 14.6. The summed E-state index contributed by atoms with van der Waals surface area (Å²) in [6.45, 7) is 3.89. The van der Waals surface area contributed by atoms with Crippen LogP contribution in [-0.4, -0.2) is 5.78 Å². The summed E-state index contributed by atoms with van der Waals surface area (Å²) in [5.74, 6) is 0.505. The molecule has 1 nitrogen and oxygen atoms in total. The molecule has 23 heavy (non-hydrogen) atoms. The Morgan fingerprint density at radius 1 is 0.913 bits per heavy atom. The van der Waals surface area contributed by atoms with Crippen LogP contribution in [-0.2, 0) is 0 Å². The number of benzene rings is 2. The first-order valence-electron chi connectivity index (χ1n) is 7.65. The topological polar surface area (TPSA) is 17.1 Å². The highest BCUT2D eigenvalue weighted by atomic mass is 32.1. The Bertz CT molecular complexity index is 989. The third-order valence-corrected chi connectivity index (χ3v) is 6.76. The molecule has 1 atom stereocenters. The van der Waals surface area contributed by atoms with E-state index >= 15 is 0 Å². The summed E-state index contributed by atoms with van der Waals surface area (Å²) >= 11 is 3.46. The van der Waals surface area contributed by atoms with E-state index in [2.05, 4.69) is 55.5 Å². The molecule has 0 amide bonds. The van der Waals surface area contributed by atoms with Crippen molar-refractivity contribution in [1.82, 2.24) is 0 Å². The Morgan fingerprint density at radius 3 is 2.48 bits per heavy atom. The Hall–Kier alpha value is -1.97. The zero-order chi connectivity index (χ0) is 16.0. The number of ketones is 1. The largest absolute Gasteiger partial charge is 0.294 e. The molecule has 3 heteroatoms. The number of Topliss-reactive ketones (excluding diaryl/α,β-unsaturated/α-hetero) is 1. The van der Waals surface area contributed by atoms with Crippen molar-refractivity contribution in [3.63, 3.8) is 0 Å². The van der Waals surface area contributed by atoms with Gasteiger partial charge in [-0.2, -0.15) is 0 Å². The zero-order valence-electron chi connectivity index (χ0n) is 13.0. The van der Waals surface area contributed by atoms with Crippen LogP contribution in [0.25, 0.3) is 20.2 Å². The van der Waals surface area contributed by atoms with Crippen molar-refractivity contribution in [1.29, 1.82) is 0 Å². The van der Waals surface area contributed by atoms with Crippen LogP contribution in [0.1, 0.15) is 39.9 Å². The molecule has 2 aromatic heterocycles. The molecule has 0 fully saturated rings. The van der Waals surface area contributed by atoms with E-state index in [1.165, 1.54) is 25.2 Å². The fraction of sp³-hybridized carbons (Fsp3) is 0.150. The number of fused-ring (bicyclic) bond motifs is 2. The summed E-state index contributed by atoms with van der Waals surface area (Å²) in [6.07, 6.45) is 0. The quantitative estimate of drug-likeness (QED) is 0.392. The van der Waals surface area contributed by atoms with Crippen molar-refractivity contribution < 1.29 is 4.79 Å². The lowest BCUT2D eigenvalue weighted by molar-refractivity contribution is 0.102. The van der Waals surface area contributed by atoms with Crippen LogP contribution < -0.4 is 0 Å². The molecule has 0 N–H and O–H groups in total. The van der Waals surface area contributed by atoms with Gasteiger partial charge in [-0.1, -0.05) is 37.3 Å². The van der Waals surface area contributed by atoms with Crippen LogP contribution in [0.2, 0.25) is 0 Å². The van der Waals surface area contributed by atoms with Gasteiger partial charge in [0.15, 0.2) is 5.78 Å². The maximum atomic E-state index is 11.6. The second-order valence-corrected chi connectivity index (χ2v) is 8.07. The Morgan fingerprint density at radius 2 is 1.70 bits per heavy atom. The van der Waals surface area contributed by atoms with E-state index in [0.717, 1.165) is 10.3 Å². The lowest BCUT2D eigenvalue weighted by Crippen LogP contribution is -1.92. The fourth-order valence-corrected chi connectivity index (χ4v) is 5.02. The fourth-order valence-electron chi connectivity index (χ4n) is 2.87. The highest BCUT2D eigenvalue weighted by Gasteiger charge is 2.14. The highest BCUT2D eigenvalue weighted by Crippen LogP contribution is 2.36. The standard InChI is InChI=1S/C20H16OS2/c1-12(18-10-15-5-3-4-6-17(15)22-18)14-7-8-16-11-19(13(2)21)23-20(16)9-14/h3-12H,1-2H3. The molecule has 0 aliphatic carbocycles. The van der Waals surface area contributed by atoms with Crippen molar-refractivity contribution in [2.75, 3.05) is 0 Å². The van der Waals surface area contributed by atoms with E-state index in [4.69, 9.17) is 0 Å². The minimum absolute atomic E-state index is 0.144. The number of carbonyl (C=O) groups excluding carboxylic acids is 1.